The molecule has 0 N–H and O–H groups in total. The summed E-state index contributed by atoms with van der Waals surface area (Å²) in [5.74, 6) is 0. The normalized spacial score (nSPS) is 11.7. The summed E-state index contributed by atoms with van der Waals surface area (Å²) in [6.45, 7) is 0. The molecule has 34 heavy (non-hydrogen) atoms. The Labute approximate surface area is 205 Å². The van der Waals surface area contributed by atoms with E-state index in [9.17, 15) is 0 Å². The quantitative estimate of drug-likeness (QED) is 0.216. The highest BCUT2D eigenvalue weighted by Crippen LogP contribution is 2.45. The zero-order chi connectivity index (χ0) is 22.6. The first-order chi connectivity index (χ1) is 16.8. The predicted molar refractivity (Wildman–Crippen MR) is 147 cm³/mol. The van der Waals surface area contributed by atoms with Gasteiger partial charge in [-0.3, -0.25) is 0 Å². The van der Waals surface area contributed by atoms with Crippen LogP contribution >= 0.6 is 15.9 Å². The Hall–Kier alpha value is -3.88. The Morgan fingerprint density at radius 3 is 1.68 bits per heavy atom. The van der Waals surface area contributed by atoms with E-state index in [2.05, 4.69) is 119 Å². The molecular formula is C32H19BrO. The van der Waals surface area contributed by atoms with Crippen LogP contribution in [-0.4, -0.2) is 0 Å². The van der Waals surface area contributed by atoms with E-state index >= 15 is 0 Å². The summed E-state index contributed by atoms with van der Waals surface area (Å²) in [5, 5.41) is 7.24. The molecule has 0 fully saturated rings. The highest BCUT2D eigenvalue weighted by atomic mass is 79.9. The summed E-state index contributed by atoms with van der Waals surface area (Å²) in [4.78, 5) is 0. The van der Waals surface area contributed by atoms with Gasteiger partial charge in [0, 0.05) is 15.2 Å². The molecule has 0 aliphatic heterocycles. The Balaban J connectivity index is 1.57. The number of benzene rings is 6. The maximum absolute atomic E-state index is 6.08. The van der Waals surface area contributed by atoms with Crippen molar-refractivity contribution in [3.05, 3.63) is 120 Å². The molecule has 1 heterocycles. The van der Waals surface area contributed by atoms with Crippen LogP contribution in [0.2, 0.25) is 0 Å². The van der Waals surface area contributed by atoms with Gasteiger partial charge in [-0.05, 0) is 77.9 Å². The van der Waals surface area contributed by atoms with E-state index < -0.39 is 0 Å². The summed E-state index contributed by atoms with van der Waals surface area (Å²) in [5.41, 5.74) is 6.74. The smallest absolute Gasteiger partial charge is 0.135 e. The molecule has 0 aliphatic rings. The van der Waals surface area contributed by atoms with E-state index in [1.807, 2.05) is 12.1 Å². The van der Waals surface area contributed by atoms with E-state index in [-0.39, 0.29) is 0 Å². The largest absolute Gasteiger partial charge is 0.456 e. The van der Waals surface area contributed by atoms with Crippen LogP contribution in [0.15, 0.2) is 124 Å². The van der Waals surface area contributed by atoms with Gasteiger partial charge in [-0.2, -0.15) is 0 Å². The molecular weight excluding hydrogens is 480 g/mol. The number of furan rings is 1. The zero-order valence-electron chi connectivity index (χ0n) is 18.3. The summed E-state index contributed by atoms with van der Waals surface area (Å²) in [6, 6.07) is 40.8. The van der Waals surface area contributed by atoms with Crippen molar-refractivity contribution in [2.45, 2.75) is 0 Å². The zero-order valence-corrected chi connectivity index (χ0v) is 19.8. The molecule has 0 unspecified atom stereocenters. The van der Waals surface area contributed by atoms with Crippen LogP contribution in [0.1, 0.15) is 0 Å². The number of rotatable bonds is 2. The lowest BCUT2D eigenvalue weighted by molar-refractivity contribution is 0.669. The predicted octanol–water partition coefficient (Wildman–Crippen LogP) is 9.99. The van der Waals surface area contributed by atoms with Crippen LogP contribution in [0.3, 0.4) is 0 Å². The van der Waals surface area contributed by atoms with Crippen molar-refractivity contribution in [2.75, 3.05) is 0 Å². The van der Waals surface area contributed by atoms with Gasteiger partial charge in [0.25, 0.3) is 0 Å². The van der Waals surface area contributed by atoms with Gasteiger partial charge in [-0.25, -0.2) is 0 Å². The minimum absolute atomic E-state index is 0.918. The Kier molecular flexibility index (Phi) is 4.36. The molecule has 160 valence electrons. The Morgan fingerprint density at radius 1 is 0.441 bits per heavy atom. The molecule has 7 aromatic rings. The monoisotopic (exact) mass is 498 g/mol. The number of fused-ring (bicyclic) bond motifs is 5. The molecule has 0 spiro atoms. The van der Waals surface area contributed by atoms with E-state index in [0.29, 0.717) is 0 Å². The van der Waals surface area contributed by atoms with Gasteiger partial charge in [-0.15, -0.1) is 0 Å². The first-order valence-electron chi connectivity index (χ1n) is 11.4. The third-order valence-electron chi connectivity index (χ3n) is 6.75. The van der Waals surface area contributed by atoms with Gasteiger partial charge in [0.1, 0.15) is 11.2 Å². The second-order valence-electron chi connectivity index (χ2n) is 8.63. The number of hydrogen-bond acceptors (Lipinski definition) is 1. The minimum Gasteiger partial charge on any atom is -0.456 e. The van der Waals surface area contributed by atoms with Gasteiger partial charge in [-0.1, -0.05) is 97.1 Å². The van der Waals surface area contributed by atoms with Gasteiger partial charge in [0.05, 0.1) is 0 Å². The molecule has 0 bridgehead atoms. The third-order valence-corrected chi connectivity index (χ3v) is 7.60. The van der Waals surface area contributed by atoms with Crippen LogP contribution in [0.4, 0.5) is 0 Å². The van der Waals surface area contributed by atoms with Crippen molar-refractivity contribution in [1.82, 2.24) is 0 Å². The second-order valence-corrected chi connectivity index (χ2v) is 9.43. The van der Waals surface area contributed by atoms with Gasteiger partial charge < -0.3 is 4.42 Å². The van der Waals surface area contributed by atoms with Crippen molar-refractivity contribution < 1.29 is 4.42 Å². The molecule has 0 radical (unpaired) electrons. The second kappa shape index (κ2) is 7.58. The fourth-order valence-electron chi connectivity index (χ4n) is 5.21. The van der Waals surface area contributed by atoms with Crippen molar-refractivity contribution in [2.24, 2.45) is 0 Å². The molecule has 0 atom stereocenters. The summed E-state index contributed by atoms with van der Waals surface area (Å²) >= 11 is 3.89. The minimum atomic E-state index is 0.918. The summed E-state index contributed by atoms with van der Waals surface area (Å²) in [6.07, 6.45) is 0. The first kappa shape index (κ1) is 19.6. The van der Waals surface area contributed by atoms with Crippen LogP contribution in [0.25, 0.3) is 65.7 Å². The van der Waals surface area contributed by atoms with Crippen LogP contribution in [0.5, 0.6) is 0 Å². The number of halogens is 1. The van der Waals surface area contributed by atoms with Crippen molar-refractivity contribution >= 4 is 59.4 Å². The fraction of sp³-hybridized carbons (Fsp3) is 0. The topological polar surface area (TPSA) is 13.1 Å². The van der Waals surface area contributed by atoms with Crippen molar-refractivity contribution in [3.8, 4) is 22.3 Å². The average Bonchev–Trinajstić information content (AvgIpc) is 3.27. The van der Waals surface area contributed by atoms with E-state index in [0.717, 1.165) is 26.4 Å². The highest BCUT2D eigenvalue weighted by molar-refractivity contribution is 9.10. The lowest BCUT2D eigenvalue weighted by atomic mass is 9.87. The highest BCUT2D eigenvalue weighted by Gasteiger charge is 2.17. The van der Waals surface area contributed by atoms with E-state index in [1.165, 1.54) is 43.8 Å². The van der Waals surface area contributed by atoms with Crippen LogP contribution in [0, 0.1) is 0 Å². The third kappa shape index (κ3) is 2.85. The standard InChI is InChI=1S/C32H19BrO/c33-32-26-14-5-3-12-24(26)31(25-13-4-6-15-27(25)32)23-11-2-1-9-21(23)20-17-18-30-28(19-20)22-10-7-8-16-29(22)34-30/h1-19H. The molecule has 0 saturated heterocycles. The molecule has 7 rings (SSSR count). The molecule has 1 aromatic heterocycles. The SMILES string of the molecule is Brc1c2ccccc2c(-c2ccccc2-c2ccc3oc4ccccc4c3c2)c2ccccc12. The Bertz CT molecular complexity index is 1820. The Morgan fingerprint density at radius 2 is 0.971 bits per heavy atom. The molecule has 2 heteroatoms. The van der Waals surface area contributed by atoms with Crippen LogP contribution < -0.4 is 0 Å². The molecule has 1 nitrogen and oxygen atoms in total. The number of hydrogen-bond donors (Lipinski definition) is 0. The molecule has 0 amide bonds. The average molecular weight is 499 g/mol. The van der Waals surface area contributed by atoms with Crippen molar-refractivity contribution in [3.63, 3.8) is 0 Å². The van der Waals surface area contributed by atoms with Gasteiger partial charge in [0.2, 0.25) is 0 Å². The summed E-state index contributed by atoms with van der Waals surface area (Å²) in [7, 11) is 0. The lowest BCUT2D eigenvalue weighted by Gasteiger charge is -2.17. The molecule has 6 aromatic carbocycles. The maximum atomic E-state index is 6.08. The lowest BCUT2D eigenvalue weighted by Crippen LogP contribution is -1.90. The first-order valence-corrected chi connectivity index (χ1v) is 12.2. The number of para-hydroxylation sites is 1. The van der Waals surface area contributed by atoms with Gasteiger partial charge in [0.15, 0.2) is 0 Å². The van der Waals surface area contributed by atoms with E-state index in [1.54, 1.807) is 0 Å². The fourth-order valence-corrected chi connectivity index (χ4v) is 5.90. The molecule has 0 aliphatic carbocycles. The van der Waals surface area contributed by atoms with Gasteiger partial charge >= 0.3 is 0 Å². The summed E-state index contributed by atoms with van der Waals surface area (Å²) < 4.78 is 7.23. The van der Waals surface area contributed by atoms with Crippen molar-refractivity contribution in [1.29, 1.82) is 0 Å². The molecule has 0 saturated carbocycles. The van der Waals surface area contributed by atoms with Crippen LogP contribution in [-0.2, 0) is 0 Å². The van der Waals surface area contributed by atoms with E-state index in [4.69, 9.17) is 4.42 Å². The maximum Gasteiger partial charge on any atom is 0.135 e.